The number of piperidine rings is 1. The Balaban J connectivity index is 1.39. The van der Waals surface area contributed by atoms with Gasteiger partial charge in [0.15, 0.2) is 5.82 Å². The maximum atomic E-state index is 6.08. The molecule has 0 N–H and O–H groups in total. The van der Waals surface area contributed by atoms with E-state index in [9.17, 15) is 0 Å². The number of hydrogen-bond donors (Lipinski definition) is 0. The lowest BCUT2D eigenvalue weighted by Crippen LogP contribution is -2.36. The Bertz CT molecular complexity index is 874. The Morgan fingerprint density at radius 3 is 2.84 bits per heavy atom. The first-order valence-electron chi connectivity index (χ1n) is 8.37. The fourth-order valence-electron chi connectivity index (χ4n) is 3.14. The highest BCUT2D eigenvalue weighted by Gasteiger charge is 2.23. The number of halogens is 1. The Hall–Kier alpha value is -2.41. The number of anilines is 1. The second-order valence-corrected chi connectivity index (χ2v) is 6.63. The molecule has 4 rings (SSSR count). The van der Waals surface area contributed by atoms with E-state index in [-0.39, 0.29) is 0 Å². The van der Waals surface area contributed by atoms with Crippen molar-refractivity contribution in [3.8, 4) is 5.88 Å². The van der Waals surface area contributed by atoms with Crippen LogP contribution in [-0.4, -0.2) is 44.3 Å². The highest BCUT2D eigenvalue weighted by molar-refractivity contribution is 6.31. The molecule has 25 heavy (non-hydrogen) atoms. The molecule has 1 aliphatic rings. The molecule has 0 spiro atoms. The molecule has 1 saturated heterocycles. The van der Waals surface area contributed by atoms with Crippen LogP contribution in [0.4, 0.5) is 5.82 Å². The van der Waals surface area contributed by atoms with Gasteiger partial charge in [-0.15, -0.1) is 10.2 Å². The molecule has 130 valence electrons. The maximum absolute atomic E-state index is 6.08. The molecule has 7 nitrogen and oxygen atoms in total. The number of aromatic nitrogens is 5. The first kappa shape index (κ1) is 16.1. The third-order valence-corrected chi connectivity index (χ3v) is 4.86. The molecule has 3 aromatic heterocycles. The molecule has 0 saturated carbocycles. The van der Waals surface area contributed by atoms with E-state index < -0.39 is 0 Å². The third-order valence-electron chi connectivity index (χ3n) is 4.57. The highest BCUT2D eigenvalue weighted by atomic mass is 35.5. The molecule has 1 aliphatic heterocycles. The summed E-state index contributed by atoms with van der Waals surface area (Å²) in [5.41, 5.74) is 0.815. The van der Waals surface area contributed by atoms with Crippen molar-refractivity contribution < 1.29 is 4.74 Å². The number of pyridine rings is 1. The van der Waals surface area contributed by atoms with E-state index in [4.69, 9.17) is 16.3 Å². The van der Waals surface area contributed by atoms with E-state index in [1.54, 1.807) is 24.5 Å². The molecule has 3 aromatic rings. The molecule has 0 atom stereocenters. The summed E-state index contributed by atoms with van der Waals surface area (Å²) >= 11 is 6.08. The maximum Gasteiger partial charge on any atom is 0.232 e. The van der Waals surface area contributed by atoms with Crippen molar-refractivity contribution in [3.63, 3.8) is 0 Å². The van der Waals surface area contributed by atoms with Crippen molar-refractivity contribution >= 4 is 23.1 Å². The number of rotatable bonds is 4. The molecule has 0 aromatic carbocycles. The zero-order valence-corrected chi connectivity index (χ0v) is 14.7. The van der Waals surface area contributed by atoms with Crippen molar-refractivity contribution in [2.45, 2.75) is 19.8 Å². The van der Waals surface area contributed by atoms with E-state index in [1.165, 1.54) is 0 Å². The molecule has 0 aliphatic carbocycles. The summed E-state index contributed by atoms with van der Waals surface area (Å²) in [6.07, 6.45) is 7.44. The van der Waals surface area contributed by atoms with Gasteiger partial charge in [0.1, 0.15) is 10.8 Å². The predicted molar refractivity (Wildman–Crippen MR) is 95.2 cm³/mol. The number of hydrogen-bond acceptors (Lipinski definition) is 6. The van der Waals surface area contributed by atoms with Crippen LogP contribution in [0.25, 0.3) is 5.65 Å². The zero-order chi connectivity index (χ0) is 17.2. The minimum absolute atomic E-state index is 0.480. The van der Waals surface area contributed by atoms with Crippen LogP contribution in [0.5, 0.6) is 5.88 Å². The summed E-state index contributed by atoms with van der Waals surface area (Å²) < 4.78 is 7.76. The van der Waals surface area contributed by atoms with Crippen LogP contribution < -0.4 is 9.64 Å². The molecular weight excluding hydrogens is 340 g/mol. The van der Waals surface area contributed by atoms with E-state index in [0.29, 0.717) is 23.4 Å². The predicted octanol–water partition coefficient (Wildman–Crippen LogP) is 2.78. The molecule has 8 heteroatoms. The molecular formula is C17H19ClN6O. The fourth-order valence-corrected chi connectivity index (χ4v) is 3.31. The Kier molecular flexibility index (Phi) is 4.40. The van der Waals surface area contributed by atoms with Gasteiger partial charge in [-0.1, -0.05) is 11.6 Å². The number of nitrogens with zero attached hydrogens (tertiary/aromatic N) is 6. The summed E-state index contributed by atoms with van der Waals surface area (Å²) in [5, 5.41) is 8.96. The van der Waals surface area contributed by atoms with Crippen molar-refractivity contribution in [1.29, 1.82) is 0 Å². The van der Waals surface area contributed by atoms with Crippen LogP contribution in [-0.2, 0) is 0 Å². The van der Waals surface area contributed by atoms with E-state index in [2.05, 4.69) is 25.1 Å². The van der Waals surface area contributed by atoms with Gasteiger partial charge >= 0.3 is 0 Å². The first-order chi connectivity index (χ1) is 12.2. The minimum Gasteiger partial charge on any atom is -0.476 e. The molecule has 0 bridgehead atoms. The highest BCUT2D eigenvalue weighted by Crippen LogP contribution is 2.26. The third kappa shape index (κ3) is 3.24. The summed E-state index contributed by atoms with van der Waals surface area (Å²) in [7, 11) is 0. The topological polar surface area (TPSA) is 68.4 Å². The van der Waals surface area contributed by atoms with Crippen LogP contribution >= 0.6 is 11.6 Å². The van der Waals surface area contributed by atoms with Gasteiger partial charge in [0.2, 0.25) is 11.5 Å². The summed E-state index contributed by atoms with van der Waals surface area (Å²) in [4.78, 5) is 11.0. The van der Waals surface area contributed by atoms with Crippen LogP contribution in [0.3, 0.4) is 0 Å². The van der Waals surface area contributed by atoms with Crippen LogP contribution in [0.1, 0.15) is 18.7 Å². The molecule has 0 amide bonds. The molecule has 4 heterocycles. The average molecular weight is 359 g/mol. The van der Waals surface area contributed by atoms with E-state index in [0.717, 1.165) is 43.2 Å². The minimum atomic E-state index is 0.480. The first-order valence-corrected chi connectivity index (χ1v) is 8.75. The zero-order valence-electron chi connectivity index (χ0n) is 14.0. The second kappa shape index (κ2) is 6.84. The summed E-state index contributed by atoms with van der Waals surface area (Å²) in [6.45, 7) is 4.41. The Morgan fingerprint density at radius 2 is 2.04 bits per heavy atom. The Labute approximate surface area is 150 Å². The van der Waals surface area contributed by atoms with Gasteiger partial charge in [-0.3, -0.25) is 4.40 Å². The summed E-state index contributed by atoms with van der Waals surface area (Å²) in [5.74, 6) is 2.76. The van der Waals surface area contributed by atoms with Gasteiger partial charge in [-0.2, -0.15) is 0 Å². The number of ether oxygens (including phenoxy) is 1. The largest absolute Gasteiger partial charge is 0.476 e. The van der Waals surface area contributed by atoms with Crippen molar-refractivity contribution in [3.05, 3.63) is 41.6 Å². The monoisotopic (exact) mass is 358 g/mol. The lowest BCUT2D eigenvalue weighted by Gasteiger charge is -2.32. The lowest BCUT2D eigenvalue weighted by atomic mass is 9.98. The van der Waals surface area contributed by atoms with Crippen LogP contribution in [0, 0.1) is 12.8 Å². The van der Waals surface area contributed by atoms with Gasteiger partial charge < -0.3 is 9.64 Å². The Morgan fingerprint density at radius 1 is 1.20 bits per heavy atom. The molecule has 0 radical (unpaired) electrons. The standard InChI is InChI=1S/C17H19ClN6O/c1-12-21-22-16-15(19-7-10-24(12)16)23-8-4-13(5-9-23)11-25-17-14(18)3-2-6-20-17/h2-3,6-7,10,13H,4-5,8-9,11H2,1H3. The van der Waals surface area contributed by atoms with Crippen LogP contribution in [0.2, 0.25) is 5.02 Å². The van der Waals surface area contributed by atoms with Gasteiger partial charge in [-0.05, 0) is 37.8 Å². The fraction of sp³-hybridized carbons (Fsp3) is 0.412. The lowest BCUT2D eigenvalue weighted by molar-refractivity contribution is 0.216. The van der Waals surface area contributed by atoms with Crippen molar-refractivity contribution in [2.24, 2.45) is 5.92 Å². The molecule has 1 fully saturated rings. The quantitative estimate of drug-likeness (QED) is 0.714. The van der Waals surface area contributed by atoms with Gasteiger partial charge in [0.25, 0.3) is 0 Å². The molecule has 0 unspecified atom stereocenters. The number of fused-ring (bicyclic) bond motifs is 1. The SMILES string of the molecule is Cc1nnc2c(N3CCC(COc4ncccc4Cl)CC3)nccn12. The second-order valence-electron chi connectivity index (χ2n) is 6.22. The van der Waals surface area contributed by atoms with Gasteiger partial charge in [-0.25, -0.2) is 9.97 Å². The van der Waals surface area contributed by atoms with E-state index in [1.807, 2.05) is 17.5 Å². The summed E-state index contributed by atoms with van der Waals surface area (Å²) in [6, 6.07) is 3.59. The van der Waals surface area contributed by atoms with E-state index >= 15 is 0 Å². The van der Waals surface area contributed by atoms with Crippen molar-refractivity contribution in [1.82, 2.24) is 24.6 Å². The van der Waals surface area contributed by atoms with Crippen molar-refractivity contribution in [2.75, 3.05) is 24.6 Å². The van der Waals surface area contributed by atoms with Crippen LogP contribution in [0.15, 0.2) is 30.7 Å². The number of aryl methyl sites for hydroxylation is 1. The average Bonchev–Trinajstić information content (AvgIpc) is 3.03. The van der Waals surface area contributed by atoms with Gasteiger partial charge in [0.05, 0.1) is 6.61 Å². The smallest absolute Gasteiger partial charge is 0.232 e. The van der Waals surface area contributed by atoms with Gasteiger partial charge in [0, 0.05) is 31.7 Å². The normalized spacial score (nSPS) is 15.7.